The fraction of sp³-hybridized carbons (Fsp3) is 0.143. The molecule has 10 heteroatoms. The summed E-state index contributed by atoms with van der Waals surface area (Å²) in [5.41, 5.74) is -0.307. The maximum atomic E-state index is 12.3. The number of carboxylic acids is 1. The minimum absolute atomic E-state index is 0.0818. The van der Waals surface area contributed by atoms with Crippen LogP contribution >= 0.6 is 0 Å². The number of alkyl halides is 3. The number of halogens is 3. The van der Waals surface area contributed by atoms with E-state index in [0.29, 0.717) is 0 Å². The summed E-state index contributed by atoms with van der Waals surface area (Å²) in [6, 6.07) is 5.83. The number of para-hydroxylation sites is 2. The summed E-state index contributed by atoms with van der Waals surface area (Å²) in [7, 11) is 0. The highest BCUT2D eigenvalue weighted by atomic mass is 19.4. The molecule has 0 bridgehead atoms. The lowest BCUT2D eigenvalue weighted by molar-refractivity contribution is -0.115. The van der Waals surface area contributed by atoms with Crippen LogP contribution in [0.5, 0.6) is 0 Å². The molecular formula is C14H11F3N4O3. The van der Waals surface area contributed by atoms with E-state index in [0.717, 1.165) is 12.4 Å². The summed E-state index contributed by atoms with van der Waals surface area (Å²) in [6.07, 6.45) is -2.54. The number of anilines is 2. The van der Waals surface area contributed by atoms with E-state index < -0.39 is 24.6 Å². The van der Waals surface area contributed by atoms with Gasteiger partial charge in [0.05, 0.1) is 23.8 Å². The lowest BCUT2D eigenvalue weighted by atomic mass is 10.2. The lowest BCUT2D eigenvalue weighted by Crippen LogP contribution is -2.22. The zero-order valence-corrected chi connectivity index (χ0v) is 12.0. The second kappa shape index (κ2) is 6.94. The molecule has 0 aliphatic rings. The summed E-state index contributed by atoms with van der Waals surface area (Å²) in [6.45, 7) is -1.26. The molecule has 0 radical (unpaired) electrons. The minimum Gasteiger partial charge on any atom is -0.476 e. The molecule has 0 atom stereocenters. The van der Waals surface area contributed by atoms with Crippen LogP contribution in [0.25, 0.3) is 0 Å². The molecule has 24 heavy (non-hydrogen) atoms. The Kier molecular flexibility index (Phi) is 4.97. The maximum absolute atomic E-state index is 12.3. The smallest absolute Gasteiger partial charge is 0.405 e. The molecule has 1 amide bonds. The third-order valence-electron chi connectivity index (χ3n) is 2.76. The highest BCUT2D eigenvalue weighted by molar-refractivity contribution is 6.04. The second-order valence-corrected chi connectivity index (χ2v) is 4.56. The van der Waals surface area contributed by atoms with Crippen molar-refractivity contribution in [3.63, 3.8) is 0 Å². The Morgan fingerprint density at radius 1 is 1.04 bits per heavy atom. The predicted molar refractivity (Wildman–Crippen MR) is 77.9 cm³/mol. The first-order valence-electron chi connectivity index (χ1n) is 6.52. The Hall–Kier alpha value is -3.17. The van der Waals surface area contributed by atoms with E-state index in [1.165, 1.54) is 24.3 Å². The average Bonchev–Trinajstić information content (AvgIpc) is 2.53. The van der Waals surface area contributed by atoms with E-state index in [1.54, 1.807) is 0 Å². The third kappa shape index (κ3) is 4.66. The second-order valence-electron chi connectivity index (χ2n) is 4.56. The molecule has 0 saturated carbocycles. The molecular weight excluding hydrogens is 329 g/mol. The van der Waals surface area contributed by atoms with Crippen molar-refractivity contribution in [1.82, 2.24) is 9.97 Å². The number of aromatic carboxylic acids is 1. The van der Waals surface area contributed by atoms with Crippen molar-refractivity contribution < 1.29 is 27.9 Å². The third-order valence-corrected chi connectivity index (χ3v) is 2.76. The fourth-order valence-electron chi connectivity index (χ4n) is 1.68. The number of nitrogens with one attached hydrogen (secondary N) is 2. The first kappa shape index (κ1) is 17.2. The molecule has 1 aromatic heterocycles. The van der Waals surface area contributed by atoms with Crippen LogP contribution in [0.1, 0.15) is 21.0 Å². The Morgan fingerprint density at radius 2 is 1.62 bits per heavy atom. The molecule has 1 aromatic carbocycles. The molecule has 2 rings (SSSR count). The van der Waals surface area contributed by atoms with Crippen LogP contribution < -0.4 is 10.6 Å². The maximum Gasteiger partial charge on any atom is 0.405 e. The van der Waals surface area contributed by atoms with Gasteiger partial charge >= 0.3 is 12.1 Å². The zero-order chi connectivity index (χ0) is 17.7. The monoisotopic (exact) mass is 340 g/mol. The van der Waals surface area contributed by atoms with Crippen molar-refractivity contribution in [2.45, 2.75) is 6.18 Å². The number of amides is 1. The summed E-state index contributed by atoms with van der Waals surface area (Å²) >= 11 is 0. The number of rotatable bonds is 5. The van der Waals surface area contributed by atoms with Crippen molar-refractivity contribution in [3.05, 3.63) is 48.0 Å². The van der Waals surface area contributed by atoms with E-state index in [-0.39, 0.29) is 22.8 Å². The molecule has 0 unspecified atom stereocenters. The molecule has 0 fully saturated rings. The number of carboxylic acid groups (broad SMARTS) is 1. The first-order valence-corrected chi connectivity index (χ1v) is 6.52. The number of aromatic nitrogens is 2. The molecule has 0 aliphatic heterocycles. The van der Waals surface area contributed by atoms with Crippen LogP contribution in [0.2, 0.25) is 0 Å². The molecule has 0 spiro atoms. The number of carbonyl (C=O) groups is 2. The van der Waals surface area contributed by atoms with Gasteiger partial charge in [-0.3, -0.25) is 4.79 Å². The van der Waals surface area contributed by atoms with Crippen molar-refractivity contribution in [2.75, 3.05) is 17.2 Å². The predicted octanol–water partition coefficient (Wildman–Crippen LogP) is 2.40. The van der Waals surface area contributed by atoms with E-state index in [9.17, 15) is 22.8 Å². The number of carbonyl (C=O) groups excluding carboxylic acids is 1. The van der Waals surface area contributed by atoms with Gasteiger partial charge in [0.2, 0.25) is 0 Å². The van der Waals surface area contributed by atoms with Gasteiger partial charge in [-0.25, -0.2) is 14.8 Å². The molecule has 3 N–H and O–H groups in total. The quantitative estimate of drug-likeness (QED) is 0.772. The lowest BCUT2D eigenvalue weighted by Gasteiger charge is -2.14. The number of benzene rings is 1. The van der Waals surface area contributed by atoms with Gasteiger partial charge in [-0.1, -0.05) is 12.1 Å². The highest BCUT2D eigenvalue weighted by Gasteiger charge is 2.27. The topological polar surface area (TPSA) is 104 Å². The zero-order valence-electron chi connectivity index (χ0n) is 12.0. The molecule has 126 valence electrons. The number of hydrogen-bond acceptors (Lipinski definition) is 5. The van der Waals surface area contributed by atoms with E-state index in [1.807, 2.05) is 0 Å². The highest BCUT2D eigenvalue weighted by Crippen LogP contribution is 2.24. The summed E-state index contributed by atoms with van der Waals surface area (Å²) in [5, 5.41) is 13.3. The SMILES string of the molecule is O=C(O)c1cnc(C(=O)Nc2ccccc2NCC(F)(F)F)cn1. The van der Waals surface area contributed by atoms with Gasteiger partial charge in [-0.05, 0) is 12.1 Å². The van der Waals surface area contributed by atoms with Gasteiger partial charge in [0.25, 0.3) is 5.91 Å². The van der Waals surface area contributed by atoms with Gasteiger partial charge in [-0.2, -0.15) is 13.2 Å². The van der Waals surface area contributed by atoms with E-state index in [4.69, 9.17) is 5.11 Å². The summed E-state index contributed by atoms with van der Waals surface area (Å²) < 4.78 is 36.9. The Balaban J connectivity index is 2.12. The summed E-state index contributed by atoms with van der Waals surface area (Å²) in [5.74, 6) is -2.03. The first-order chi connectivity index (χ1) is 11.3. The van der Waals surface area contributed by atoms with Gasteiger partial charge in [0, 0.05) is 0 Å². The van der Waals surface area contributed by atoms with Gasteiger partial charge < -0.3 is 15.7 Å². The van der Waals surface area contributed by atoms with E-state index >= 15 is 0 Å². The van der Waals surface area contributed by atoms with E-state index in [2.05, 4.69) is 20.6 Å². The van der Waals surface area contributed by atoms with Crippen LogP contribution in [-0.2, 0) is 0 Å². The van der Waals surface area contributed by atoms with Crippen molar-refractivity contribution in [2.24, 2.45) is 0 Å². The molecule has 1 heterocycles. The van der Waals surface area contributed by atoms with Gasteiger partial charge in [0.15, 0.2) is 5.69 Å². The van der Waals surface area contributed by atoms with Gasteiger partial charge in [0.1, 0.15) is 12.2 Å². The summed E-state index contributed by atoms with van der Waals surface area (Å²) in [4.78, 5) is 29.9. The number of nitrogens with zero attached hydrogens (tertiary/aromatic N) is 2. The van der Waals surface area contributed by atoms with Gasteiger partial charge in [-0.15, -0.1) is 0 Å². The van der Waals surface area contributed by atoms with Crippen LogP contribution in [0, 0.1) is 0 Å². The normalized spacial score (nSPS) is 11.0. The Labute approximate surface area is 133 Å². The molecule has 0 aliphatic carbocycles. The van der Waals surface area contributed by atoms with Crippen LogP contribution in [-0.4, -0.2) is 39.7 Å². The standard InChI is InChI=1S/C14H11F3N4O3/c15-14(16,17)7-20-8-3-1-2-4-9(8)21-12(22)10-5-19-11(6-18-10)13(23)24/h1-6,20H,7H2,(H,21,22)(H,23,24). The van der Waals surface area contributed by atoms with Crippen LogP contribution in [0.3, 0.4) is 0 Å². The largest absolute Gasteiger partial charge is 0.476 e. The average molecular weight is 340 g/mol. The Morgan fingerprint density at radius 3 is 2.17 bits per heavy atom. The van der Waals surface area contributed by atoms with Crippen molar-refractivity contribution in [1.29, 1.82) is 0 Å². The fourth-order valence-corrected chi connectivity index (χ4v) is 1.68. The van der Waals surface area contributed by atoms with Crippen molar-refractivity contribution >= 4 is 23.3 Å². The van der Waals surface area contributed by atoms with Crippen LogP contribution in [0.4, 0.5) is 24.5 Å². The van der Waals surface area contributed by atoms with Crippen molar-refractivity contribution in [3.8, 4) is 0 Å². The molecule has 7 nitrogen and oxygen atoms in total. The Bertz CT molecular complexity index is 748. The molecule has 0 saturated heterocycles. The molecule has 2 aromatic rings. The number of hydrogen-bond donors (Lipinski definition) is 3. The minimum atomic E-state index is -4.41. The van der Waals surface area contributed by atoms with Crippen LogP contribution in [0.15, 0.2) is 36.7 Å².